The van der Waals surface area contributed by atoms with E-state index in [0.717, 1.165) is 33.8 Å². The van der Waals surface area contributed by atoms with Crippen molar-refractivity contribution >= 4 is 37.4 Å². The standard InChI is InChI=1S/C46H46O4Si2/c1-45(2,3)51(31-19-11-7-12-20-31,32-21-13-8-14-22-32)49-43-39-35-27-29-37(47-35)41(39)44(42-38-30-28-36(48-38)40(42)43)50-52(46(4,5)6,33-23-15-9-16-24-33)34-25-17-10-18-26-34/h7-30,35-38H,1-6H3/t35-,36?,37+,38?. The molecule has 4 nitrogen and oxygen atoms in total. The van der Waals surface area contributed by atoms with Crippen molar-refractivity contribution in [2.75, 3.05) is 0 Å². The molecule has 4 aliphatic heterocycles. The first-order chi connectivity index (χ1) is 25.0. The Balaban J connectivity index is 1.34. The molecule has 0 saturated heterocycles. The van der Waals surface area contributed by atoms with Gasteiger partial charge in [-0.1, -0.05) is 187 Å². The molecule has 0 radical (unpaired) electrons. The van der Waals surface area contributed by atoms with Crippen LogP contribution in [0.4, 0.5) is 0 Å². The summed E-state index contributed by atoms with van der Waals surface area (Å²) in [4.78, 5) is 0. The largest absolute Gasteiger partial charge is 0.533 e. The molecule has 4 bridgehead atoms. The lowest BCUT2D eigenvalue weighted by Gasteiger charge is -2.45. The number of hydrogen-bond donors (Lipinski definition) is 0. The van der Waals surface area contributed by atoms with E-state index in [0.29, 0.717) is 0 Å². The van der Waals surface area contributed by atoms with Crippen molar-refractivity contribution in [2.24, 2.45) is 0 Å². The van der Waals surface area contributed by atoms with Gasteiger partial charge in [-0.15, -0.1) is 0 Å². The summed E-state index contributed by atoms with van der Waals surface area (Å²) in [6.45, 7) is 14.0. The highest BCUT2D eigenvalue weighted by Crippen LogP contribution is 2.64. The van der Waals surface area contributed by atoms with E-state index in [1.807, 2.05) is 0 Å². The molecule has 5 aromatic rings. The summed E-state index contributed by atoms with van der Waals surface area (Å²) in [6.07, 6.45) is 7.88. The number of ether oxygens (including phenoxy) is 2. The topological polar surface area (TPSA) is 36.9 Å². The highest BCUT2D eigenvalue weighted by Gasteiger charge is 2.58. The lowest BCUT2D eigenvalue weighted by atomic mass is 9.85. The lowest BCUT2D eigenvalue weighted by Crippen LogP contribution is -2.69. The van der Waals surface area contributed by atoms with E-state index >= 15 is 0 Å². The fraction of sp³-hybridized carbons (Fsp3) is 0.261. The molecule has 4 atom stereocenters. The molecule has 9 rings (SSSR count). The van der Waals surface area contributed by atoms with Crippen LogP contribution in [0.5, 0.6) is 11.5 Å². The van der Waals surface area contributed by atoms with Gasteiger partial charge in [0.05, 0.1) is 0 Å². The van der Waals surface area contributed by atoms with Crippen LogP contribution < -0.4 is 29.6 Å². The highest BCUT2D eigenvalue weighted by molar-refractivity contribution is 7.00. The minimum absolute atomic E-state index is 0.220. The van der Waals surface area contributed by atoms with Crippen molar-refractivity contribution in [3.8, 4) is 11.5 Å². The molecule has 2 unspecified atom stereocenters. The third-order valence-corrected chi connectivity index (χ3v) is 21.4. The maximum atomic E-state index is 8.02. The van der Waals surface area contributed by atoms with Crippen molar-refractivity contribution < 1.29 is 18.3 Å². The molecular formula is C46H46O4Si2. The fourth-order valence-corrected chi connectivity index (χ4v) is 18.2. The summed E-state index contributed by atoms with van der Waals surface area (Å²) < 4.78 is 29.7. The molecule has 0 saturated carbocycles. The van der Waals surface area contributed by atoms with Crippen molar-refractivity contribution in [3.05, 3.63) is 168 Å². The van der Waals surface area contributed by atoms with Crippen LogP contribution in [-0.2, 0) is 9.47 Å². The van der Waals surface area contributed by atoms with E-state index in [-0.39, 0.29) is 34.5 Å². The molecule has 0 aliphatic carbocycles. The highest BCUT2D eigenvalue weighted by atomic mass is 28.4. The van der Waals surface area contributed by atoms with Gasteiger partial charge in [0, 0.05) is 22.3 Å². The summed E-state index contributed by atoms with van der Waals surface area (Å²) >= 11 is 0. The second-order valence-electron chi connectivity index (χ2n) is 16.6. The van der Waals surface area contributed by atoms with Gasteiger partial charge in [-0.3, -0.25) is 0 Å². The molecular weight excluding hydrogens is 673 g/mol. The SMILES string of the molecule is CC(C)(C)[Si](Oc1c2c(c(O[Si](c3ccccc3)(c3ccccc3)C(C)(C)C)c3c1[C@@H]1C=C[C@H]3O1)C1C=CC2O1)(c1ccccc1)c1ccccc1. The van der Waals surface area contributed by atoms with Crippen LogP contribution >= 0.6 is 0 Å². The summed E-state index contributed by atoms with van der Waals surface area (Å²) in [5, 5.41) is 4.52. The van der Waals surface area contributed by atoms with E-state index in [9.17, 15) is 0 Å². The van der Waals surface area contributed by atoms with Crippen molar-refractivity contribution in [1.82, 2.24) is 0 Å². The molecule has 5 aromatic carbocycles. The maximum Gasteiger partial charge on any atom is 0.319 e. The predicted octanol–water partition coefficient (Wildman–Crippen LogP) is 8.93. The normalized spacial score (nSPS) is 21.3. The second-order valence-corrected chi connectivity index (χ2v) is 25.0. The van der Waals surface area contributed by atoms with Gasteiger partial charge in [0.15, 0.2) is 0 Å². The van der Waals surface area contributed by atoms with Crippen LogP contribution in [0.25, 0.3) is 0 Å². The monoisotopic (exact) mass is 718 g/mol. The third-order valence-electron chi connectivity index (χ3n) is 11.5. The smallest absolute Gasteiger partial charge is 0.319 e. The van der Waals surface area contributed by atoms with Crippen LogP contribution in [0.1, 0.15) is 88.2 Å². The van der Waals surface area contributed by atoms with Gasteiger partial charge in [0.1, 0.15) is 35.9 Å². The Kier molecular flexibility index (Phi) is 7.72. The van der Waals surface area contributed by atoms with Crippen molar-refractivity contribution in [1.29, 1.82) is 0 Å². The van der Waals surface area contributed by atoms with Gasteiger partial charge in [-0.2, -0.15) is 0 Å². The first-order valence-electron chi connectivity index (χ1n) is 18.6. The Morgan fingerprint density at radius 3 is 0.827 bits per heavy atom. The first kappa shape index (κ1) is 33.4. The molecule has 0 N–H and O–H groups in total. The van der Waals surface area contributed by atoms with Crippen LogP contribution in [0.3, 0.4) is 0 Å². The van der Waals surface area contributed by atoms with E-state index in [4.69, 9.17) is 18.3 Å². The molecule has 6 heteroatoms. The maximum absolute atomic E-state index is 8.02. The average molecular weight is 719 g/mol. The molecule has 0 amide bonds. The minimum Gasteiger partial charge on any atom is -0.533 e. The van der Waals surface area contributed by atoms with Gasteiger partial charge in [0.25, 0.3) is 0 Å². The van der Waals surface area contributed by atoms with Gasteiger partial charge < -0.3 is 18.3 Å². The molecule has 0 spiro atoms. The van der Waals surface area contributed by atoms with Gasteiger partial charge in [-0.05, 0) is 30.8 Å². The zero-order valence-electron chi connectivity index (χ0n) is 30.8. The number of rotatable bonds is 8. The zero-order valence-corrected chi connectivity index (χ0v) is 32.8. The third kappa shape index (κ3) is 4.77. The summed E-state index contributed by atoms with van der Waals surface area (Å²) in [5.74, 6) is 1.84. The molecule has 0 fully saturated rings. The molecule has 4 heterocycles. The molecule has 262 valence electrons. The fourth-order valence-electron chi connectivity index (χ4n) is 9.29. The minimum atomic E-state index is -3.02. The van der Waals surface area contributed by atoms with Crippen LogP contribution in [0.15, 0.2) is 146 Å². The average Bonchev–Trinajstić information content (AvgIpc) is 3.97. The van der Waals surface area contributed by atoms with E-state index in [1.165, 1.54) is 20.7 Å². The molecule has 0 aromatic heterocycles. The Labute approximate surface area is 310 Å². The second kappa shape index (κ2) is 12.0. The van der Waals surface area contributed by atoms with Crippen LogP contribution in [0.2, 0.25) is 10.1 Å². The Hall–Kier alpha value is -4.47. The number of benzene rings is 5. The predicted molar refractivity (Wildman–Crippen MR) is 214 cm³/mol. The lowest BCUT2D eigenvalue weighted by molar-refractivity contribution is 0.0818. The van der Waals surface area contributed by atoms with E-state index < -0.39 is 16.6 Å². The Morgan fingerprint density at radius 1 is 0.385 bits per heavy atom. The Bertz CT molecular complexity index is 1900. The Morgan fingerprint density at radius 2 is 0.615 bits per heavy atom. The van der Waals surface area contributed by atoms with Gasteiger partial charge in [0.2, 0.25) is 0 Å². The summed E-state index contributed by atoms with van der Waals surface area (Å²) in [5.41, 5.74) is 4.38. The quantitative estimate of drug-likeness (QED) is 0.119. The van der Waals surface area contributed by atoms with Crippen molar-refractivity contribution in [3.63, 3.8) is 0 Å². The van der Waals surface area contributed by atoms with E-state index in [2.05, 4.69) is 187 Å². The number of hydrogen-bond acceptors (Lipinski definition) is 4. The number of fused-ring (bicyclic) bond motifs is 10. The summed E-state index contributed by atoms with van der Waals surface area (Å²) in [7, 11) is -6.04. The summed E-state index contributed by atoms with van der Waals surface area (Å²) in [6, 6.07) is 43.6. The molecule has 52 heavy (non-hydrogen) atoms. The zero-order chi connectivity index (χ0) is 35.9. The van der Waals surface area contributed by atoms with Gasteiger partial charge in [-0.25, -0.2) is 0 Å². The van der Waals surface area contributed by atoms with Crippen LogP contribution in [0, 0.1) is 0 Å². The van der Waals surface area contributed by atoms with Crippen molar-refractivity contribution in [2.45, 2.75) is 76.0 Å². The first-order valence-corrected chi connectivity index (χ1v) is 22.4. The molecule has 4 aliphatic rings. The van der Waals surface area contributed by atoms with E-state index in [1.54, 1.807) is 0 Å². The van der Waals surface area contributed by atoms with Gasteiger partial charge >= 0.3 is 16.6 Å². The van der Waals surface area contributed by atoms with Crippen LogP contribution in [-0.4, -0.2) is 16.6 Å².